The van der Waals surface area contributed by atoms with E-state index in [0.717, 1.165) is 31.4 Å². The maximum Gasteiger partial charge on any atom is 0.251 e. The quantitative estimate of drug-likeness (QED) is 0.817. The van der Waals surface area contributed by atoms with Crippen LogP contribution in [0.2, 0.25) is 0 Å². The molecule has 8 nitrogen and oxygen atoms in total. The Kier molecular flexibility index (Phi) is 5.89. The molecule has 1 saturated carbocycles. The van der Waals surface area contributed by atoms with Crippen LogP contribution in [0.25, 0.3) is 0 Å². The monoisotopic (exact) mass is 405 g/mol. The first-order valence-corrected chi connectivity index (χ1v) is 10.2. The molecule has 0 bridgehead atoms. The molecule has 2 heterocycles. The first-order chi connectivity index (χ1) is 14.6. The maximum atomic E-state index is 12.7. The molecule has 0 radical (unpaired) electrons. The van der Waals surface area contributed by atoms with Crippen molar-refractivity contribution < 1.29 is 14.3 Å². The number of nitrogens with zero attached hydrogens (tertiary/aromatic N) is 4. The predicted octanol–water partition coefficient (Wildman–Crippen LogP) is 2.21. The normalized spacial score (nSPS) is 23.6. The molecule has 1 unspecified atom stereocenters. The maximum absolute atomic E-state index is 12.7. The van der Waals surface area contributed by atoms with Crippen LogP contribution in [0.5, 0.6) is 5.88 Å². The molecule has 4 rings (SSSR count). The number of amides is 2. The molecule has 1 N–H and O–H groups in total. The van der Waals surface area contributed by atoms with Crippen molar-refractivity contribution in [2.24, 2.45) is 5.92 Å². The lowest BCUT2D eigenvalue weighted by molar-refractivity contribution is -0.127. The van der Waals surface area contributed by atoms with Crippen molar-refractivity contribution in [3.63, 3.8) is 0 Å². The van der Waals surface area contributed by atoms with Crippen LogP contribution in [0.1, 0.15) is 37.8 Å². The molecular weight excluding hydrogens is 382 g/mol. The van der Waals surface area contributed by atoms with Gasteiger partial charge >= 0.3 is 0 Å². The number of carbonyl (C=O) groups is 2. The van der Waals surface area contributed by atoms with Crippen LogP contribution in [0, 0.1) is 17.2 Å². The van der Waals surface area contributed by atoms with Crippen molar-refractivity contribution in [1.82, 2.24) is 15.3 Å². The van der Waals surface area contributed by atoms with Crippen molar-refractivity contribution >= 4 is 17.5 Å². The van der Waals surface area contributed by atoms with E-state index in [4.69, 9.17) is 10.00 Å². The fourth-order valence-corrected chi connectivity index (χ4v) is 4.03. The number of nitrogens with one attached hydrogen (secondary N) is 1. The summed E-state index contributed by atoms with van der Waals surface area (Å²) in [5.74, 6) is -0.148. The Morgan fingerprint density at radius 1 is 1.13 bits per heavy atom. The van der Waals surface area contributed by atoms with Crippen LogP contribution < -0.4 is 15.0 Å². The van der Waals surface area contributed by atoms with E-state index >= 15 is 0 Å². The van der Waals surface area contributed by atoms with Gasteiger partial charge in [0.15, 0.2) is 0 Å². The Bertz CT molecular complexity index is 951. The summed E-state index contributed by atoms with van der Waals surface area (Å²) in [7, 11) is 0. The van der Waals surface area contributed by atoms with Gasteiger partial charge in [-0.15, -0.1) is 0 Å². The highest BCUT2D eigenvalue weighted by Gasteiger charge is 2.36. The Morgan fingerprint density at radius 2 is 1.87 bits per heavy atom. The Balaban J connectivity index is 1.27. The minimum absolute atomic E-state index is 0.0178. The van der Waals surface area contributed by atoms with Crippen LogP contribution in [0.3, 0.4) is 0 Å². The number of para-hydroxylation sites is 1. The summed E-state index contributed by atoms with van der Waals surface area (Å²) in [5.41, 5.74) is 1.01. The minimum atomic E-state index is -0.329. The summed E-state index contributed by atoms with van der Waals surface area (Å²) >= 11 is 0. The number of anilines is 1. The van der Waals surface area contributed by atoms with Crippen LogP contribution in [0.4, 0.5) is 5.69 Å². The van der Waals surface area contributed by atoms with E-state index in [9.17, 15) is 9.59 Å². The third-order valence-corrected chi connectivity index (χ3v) is 5.63. The van der Waals surface area contributed by atoms with E-state index in [1.807, 2.05) is 36.4 Å². The van der Waals surface area contributed by atoms with E-state index < -0.39 is 0 Å². The van der Waals surface area contributed by atoms with Crippen molar-refractivity contribution in [2.75, 3.05) is 11.4 Å². The molecule has 1 atom stereocenters. The zero-order valence-corrected chi connectivity index (χ0v) is 16.5. The lowest BCUT2D eigenvalue weighted by atomic mass is 9.92. The lowest BCUT2D eigenvalue weighted by Crippen LogP contribution is -2.43. The highest BCUT2D eigenvalue weighted by molar-refractivity contribution is 6.00. The van der Waals surface area contributed by atoms with Gasteiger partial charge in [0.05, 0.1) is 5.92 Å². The zero-order chi connectivity index (χ0) is 20.9. The smallest absolute Gasteiger partial charge is 0.251 e. The number of rotatable bonds is 5. The zero-order valence-electron chi connectivity index (χ0n) is 16.5. The topological polar surface area (TPSA) is 108 Å². The minimum Gasteiger partial charge on any atom is -0.472 e. The van der Waals surface area contributed by atoms with Gasteiger partial charge in [0.25, 0.3) is 5.88 Å². The van der Waals surface area contributed by atoms with E-state index in [2.05, 4.69) is 15.3 Å². The lowest BCUT2D eigenvalue weighted by Gasteiger charge is -2.29. The Labute approximate surface area is 174 Å². The second kappa shape index (κ2) is 8.91. The van der Waals surface area contributed by atoms with Crippen LogP contribution in [-0.4, -0.2) is 40.5 Å². The number of nitriles is 1. The fourth-order valence-electron chi connectivity index (χ4n) is 4.03. The van der Waals surface area contributed by atoms with Gasteiger partial charge in [0, 0.05) is 37.1 Å². The molecule has 30 heavy (non-hydrogen) atoms. The van der Waals surface area contributed by atoms with E-state index in [1.165, 1.54) is 12.4 Å². The summed E-state index contributed by atoms with van der Waals surface area (Å²) in [6.07, 6.45) is 6.22. The third-order valence-electron chi connectivity index (χ3n) is 5.63. The van der Waals surface area contributed by atoms with Crippen LogP contribution >= 0.6 is 0 Å². The molecule has 0 spiro atoms. The Morgan fingerprint density at radius 3 is 2.60 bits per heavy atom. The van der Waals surface area contributed by atoms with Crippen molar-refractivity contribution in [3.05, 3.63) is 48.4 Å². The average Bonchev–Trinajstić information content (AvgIpc) is 3.18. The van der Waals surface area contributed by atoms with Gasteiger partial charge in [0.1, 0.15) is 12.2 Å². The molecule has 1 aliphatic heterocycles. The van der Waals surface area contributed by atoms with Gasteiger partial charge < -0.3 is 15.0 Å². The molecule has 1 saturated heterocycles. The SMILES string of the molecule is N#Cc1nccnc1OC1CCC(NC(=O)C2CC(=O)N(c3ccccc3)C2)CC1. The first-order valence-electron chi connectivity index (χ1n) is 10.2. The number of benzene rings is 1. The molecule has 2 amide bonds. The van der Waals surface area contributed by atoms with E-state index in [0.29, 0.717) is 6.54 Å². The third kappa shape index (κ3) is 4.40. The number of aromatic nitrogens is 2. The summed E-state index contributed by atoms with van der Waals surface area (Å²) in [5, 5.41) is 12.2. The van der Waals surface area contributed by atoms with E-state index in [-0.39, 0.29) is 47.9 Å². The largest absolute Gasteiger partial charge is 0.472 e. The molecular formula is C22H23N5O3. The fraction of sp³-hybridized carbons (Fsp3) is 0.409. The second-order valence-corrected chi connectivity index (χ2v) is 7.66. The molecule has 8 heteroatoms. The summed E-state index contributed by atoms with van der Waals surface area (Å²) in [6, 6.07) is 11.5. The summed E-state index contributed by atoms with van der Waals surface area (Å²) in [6.45, 7) is 0.413. The number of carbonyl (C=O) groups excluding carboxylic acids is 2. The van der Waals surface area contributed by atoms with Crippen molar-refractivity contribution in [1.29, 1.82) is 5.26 Å². The van der Waals surface area contributed by atoms with E-state index in [1.54, 1.807) is 4.90 Å². The standard InChI is InChI=1S/C22H23N5O3/c23-13-19-22(25-11-10-24-19)30-18-8-6-16(7-9-18)26-21(29)15-12-20(28)27(14-15)17-4-2-1-3-5-17/h1-5,10-11,15-16,18H,6-9,12,14H2,(H,26,29). The number of hydrogen-bond acceptors (Lipinski definition) is 6. The molecule has 1 aromatic heterocycles. The molecule has 1 aliphatic carbocycles. The molecule has 2 aliphatic rings. The van der Waals surface area contributed by atoms with Crippen LogP contribution in [-0.2, 0) is 9.59 Å². The van der Waals surface area contributed by atoms with Crippen LogP contribution in [0.15, 0.2) is 42.7 Å². The highest BCUT2D eigenvalue weighted by Crippen LogP contribution is 2.27. The second-order valence-electron chi connectivity index (χ2n) is 7.66. The van der Waals surface area contributed by atoms with Gasteiger partial charge in [-0.2, -0.15) is 5.26 Å². The first kappa shape index (κ1) is 19.8. The number of hydrogen-bond donors (Lipinski definition) is 1. The van der Waals surface area contributed by atoms with Gasteiger partial charge in [-0.25, -0.2) is 9.97 Å². The molecule has 2 fully saturated rings. The summed E-state index contributed by atoms with van der Waals surface area (Å²) in [4.78, 5) is 34.8. The average molecular weight is 405 g/mol. The van der Waals surface area contributed by atoms with Gasteiger partial charge in [-0.05, 0) is 37.8 Å². The Hall–Kier alpha value is -3.47. The molecule has 1 aromatic carbocycles. The summed E-state index contributed by atoms with van der Waals surface area (Å²) < 4.78 is 5.85. The predicted molar refractivity (Wildman–Crippen MR) is 108 cm³/mol. The van der Waals surface area contributed by atoms with Gasteiger partial charge in [0.2, 0.25) is 17.5 Å². The van der Waals surface area contributed by atoms with Crippen molar-refractivity contribution in [3.8, 4) is 11.9 Å². The highest BCUT2D eigenvalue weighted by atomic mass is 16.5. The molecule has 154 valence electrons. The van der Waals surface area contributed by atoms with Gasteiger partial charge in [-0.3, -0.25) is 9.59 Å². The van der Waals surface area contributed by atoms with Gasteiger partial charge in [-0.1, -0.05) is 18.2 Å². The number of ether oxygens (including phenoxy) is 1. The van der Waals surface area contributed by atoms with Crippen molar-refractivity contribution in [2.45, 2.75) is 44.2 Å². The molecule has 2 aromatic rings.